The van der Waals surface area contributed by atoms with Crippen molar-refractivity contribution in [3.05, 3.63) is 40.7 Å². The summed E-state index contributed by atoms with van der Waals surface area (Å²) in [6, 6.07) is 6.40. The van der Waals surface area contributed by atoms with Gasteiger partial charge in [0.1, 0.15) is 0 Å². The molecular formula is C14H16NNbO-. The third-order valence-electron chi connectivity index (χ3n) is 2.66. The first-order valence-electron chi connectivity index (χ1n) is 5.61. The first kappa shape index (κ1) is 14.2. The summed E-state index contributed by atoms with van der Waals surface area (Å²) in [5.41, 5.74) is 4.31. The fourth-order valence-electron chi connectivity index (χ4n) is 2.05. The zero-order valence-electron chi connectivity index (χ0n) is 10.4. The quantitative estimate of drug-likeness (QED) is 0.768. The van der Waals surface area contributed by atoms with Gasteiger partial charge in [-0.3, -0.25) is 4.79 Å². The summed E-state index contributed by atoms with van der Waals surface area (Å²) in [5.74, 6) is 0.187. The molecule has 1 aromatic carbocycles. The van der Waals surface area contributed by atoms with E-state index in [1.165, 1.54) is 5.56 Å². The van der Waals surface area contributed by atoms with Crippen molar-refractivity contribution in [3.63, 3.8) is 0 Å². The number of hydrogen-bond acceptors (Lipinski definition) is 1. The fraction of sp³-hybridized carbons (Fsp3) is 0.357. The Balaban J connectivity index is 0.00000144. The van der Waals surface area contributed by atoms with Gasteiger partial charge in [-0.15, -0.1) is 11.7 Å². The molecule has 1 aliphatic rings. The maximum Gasteiger partial charge on any atom is 0.160 e. The Bertz CT molecular complexity index is 463. The van der Waals surface area contributed by atoms with E-state index < -0.39 is 0 Å². The molecule has 0 atom stereocenters. The summed E-state index contributed by atoms with van der Waals surface area (Å²) in [5, 5.41) is 4.49. The van der Waals surface area contributed by atoms with Crippen molar-refractivity contribution < 1.29 is 27.2 Å². The average Bonchev–Trinajstić information content (AvgIpc) is 2.15. The van der Waals surface area contributed by atoms with Crippen LogP contribution in [-0.2, 0) is 33.6 Å². The molecule has 1 aliphatic carbocycles. The normalized spacial score (nSPS) is 13.9. The van der Waals surface area contributed by atoms with Crippen LogP contribution in [0.15, 0.2) is 24.3 Å². The van der Waals surface area contributed by atoms with Crippen LogP contribution in [0.1, 0.15) is 31.9 Å². The second-order valence-electron chi connectivity index (χ2n) is 4.53. The number of fused-ring (bicyclic) bond motifs is 1. The second kappa shape index (κ2) is 5.67. The van der Waals surface area contributed by atoms with E-state index in [4.69, 9.17) is 0 Å². The topological polar surface area (TPSA) is 31.2 Å². The minimum Gasteiger partial charge on any atom is -0.682 e. The zero-order valence-corrected chi connectivity index (χ0v) is 12.6. The van der Waals surface area contributed by atoms with Crippen LogP contribution in [0, 0.1) is 0 Å². The molecule has 0 aromatic heterocycles. The van der Waals surface area contributed by atoms with Crippen LogP contribution in [0.5, 0.6) is 0 Å². The Hall–Kier alpha value is -0.830. The maximum absolute atomic E-state index is 11.5. The van der Waals surface area contributed by atoms with E-state index in [2.05, 4.69) is 25.2 Å². The second-order valence-corrected chi connectivity index (χ2v) is 4.53. The van der Waals surface area contributed by atoms with Gasteiger partial charge in [0.05, 0.1) is 0 Å². The monoisotopic (exact) mass is 307 g/mol. The van der Waals surface area contributed by atoms with Gasteiger partial charge < -0.3 is 5.32 Å². The molecule has 0 heterocycles. The number of allylic oxidation sites excluding steroid dienone is 2. The molecule has 0 saturated carbocycles. The molecule has 17 heavy (non-hydrogen) atoms. The van der Waals surface area contributed by atoms with Crippen LogP contribution >= 0.6 is 0 Å². The molecule has 1 radical (unpaired) electrons. The third-order valence-corrected chi connectivity index (χ3v) is 2.66. The van der Waals surface area contributed by atoms with Gasteiger partial charge in [0.15, 0.2) is 5.78 Å². The SMILES string of the molecule is CC1=CC(=O)Cc2cc([N-]C(C)C)ccc21.[Nb]. The molecule has 0 amide bonds. The van der Waals surface area contributed by atoms with Crippen LogP contribution in [-0.4, -0.2) is 11.8 Å². The molecule has 89 valence electrons. The minimum absolute atomic E-state index is 0. The van der Waals surface area contributed by atoms with Crippen molar-refractivity contribution in [3.8, 4) is 0 Å². The van der Waals surface area contributed by atoms with E-state index in [0.717, 1.165) is 16.8 Å². The summed E-state index contributed by atoms with van der Waals surface area (Å²) in [7, 11) is 0. The number of carbonyl (C=O) groups excluding carboxylic acids is 1. The molecule has 0 fully saturated rings. The first-order valence-corrected chi connectivity index (χ1v) is 5.61. The summed E-state index contributed by atoms with van der Waals surface area (Å²) in [6.45, 7) is 6.08. The van der Waals surface area contributed by atoms with Gasteiger partial charge in [-0.1, -0.05) is 32.0 Å². The Morgan fingerprint density at radius 3 is 2.65 bits per heavy atom. The molecule has 0 aliphatic heterocycles. The molecule has 1 aromatic rings. The first-order chi connectivity index (χ1) is 7.56. The number of nitrogens with zero attached hydrogens (tertiary/aromatic N) is 1. The van der Waals surface area contributed by atoms with E-state index in [-0.39, 0.29) is 34.2 Å². The third kappa shape index (κ3) is 3.32. The van der Waals surface area contributed by atoms with Crippen LogP contribution < -0.4 is 0 Å². The van der Waals surface area contributed by atoms with Crippen LogP contribution in [0.4, 0.5) is 5.69 Å². The number of benzene rings is 1. The predicted octanol–water partition coefficient (Wildman–Crippen LogP) is 3.63. The number of hydrogen-bond donors (Lipinski definition) is 0. The molecule has 0 unspecified atom stereocenters. The molecule has 2 rings (SSSR count). The Morgan fingerprint density at radius 2 is 2.00 bits per heavy atom. The summed E-state index contributed by atoms with van der Waals surface area (Å²) in [6.07, 6.45) is 2.23. The Morgan fingerprint density at radius 1 is 1.29 bits per heavy atom. The van der Waals surface area contributed by atoms with Crippen molar-refractivity contribution in [2.45, 2.75) is 33.2 Å². The van der Waals surface area contributed by atoms with E-state index in [0.29, 0.717) is 6.42 Å². The Labute approximate surface area is 118 Å². The number of ketones is 1. The number of carbonyl (C=O) groups is 1. The molecule has 3 heteroatoms. The molecule has 0 bridgehead atoms. The standard InChI is InChI=1S/C14H17NO.Nb/c1-9(2)15-12-4-5-14-10(3)6-13(16)8-11(14)7-12;/h4-7,9H,8H2,1-3H3,(H,15,16);/p-1. The van der Waals surface area contributed by atoms with Crippen LogP contribution in [0.2, 0.25) is 0 Å². The van der Waals surface area contributed by atoms with Crippen molar-refractivity contribution in [2.24, 2.45) is 0 Å². The van der Waals surface area contributed by atoms with Crippen molar-refractivity contribution in [2.75, 3.05) is 0 Å². The summed E-state index contributed by atoms with van der Waals surface area (Å²) in [4.78, 5) is 11.5. The summed E-state index contributed by atoms with van der Waals surface area (Å²) < 4.78 is 0. The van der Waals surface area contributed by atoms with E-state index in [9.17, 15) is 4.79 Å². The van der Waals surface area contributed by atoms with Crippen molar-refractivity contribution >= 4 is 17.0 Å². The van der Waals surface area contributed by atoms with Gasteiger partial charge >= 0.3 is 0 Å². The fourth-order valence-corrected chi connectivity index (χ4v) is 2.05. The van der Waals surface area contributed by atoms with Gasteiger partial charge in [-0.05, 0) is 29.7 Å². The zero-order chi connectivity index (χ0) is 11.7. The Kier molecular flexibility index (Phi) is 4.75. The van der Waals surface area contributed by atoms with Crippen LogP contribution in [0.25, 0.3) is 10.9 Å². The maximum atomic E-state index is 11.5. The van der Waals surface area contributed by atoms with Gasteiger partial charge in [0.2, 0.25) is 0 Å². The molecule has 0 N–H and O–H groups in total. The molecule has 0 spiro atoms. The van der Waals surface area contributed by atoms with Gasteiger partial charge in [0.25, 0.3) is 0 Å². The largest absolute Gasteiger partial charge is 0.682 e. The van der Waals surface area contributed by atoms with Gasteiger partial charge in [0, 0.05) is 28.8 Å². The molecular weight excluding hydrogens is 291 g/mol. The van der Waals surface area contributed by atoms with Crippen molar-refractivity contribution in [1.29, 1.82) is 0 Å². The van der Waals surface area contributed by atoms with E-state index >= 15 is 0 Å². The molecule has 2 nitrogen and oxygen atoms in total. The average molecular weight is 307 g/mol. The van der Waals surface area contributed by atoms with E-state index in [1.807, 2.05) is 19.1 Å². The number of rotatable bonds is 2. The predicted molar refractivity (Wildman–Crippen MR) is 67.0 cm³/mol. The van der Waals surface area contributed by atoms with E-state index in [1.54, 1.807) is 6.08 Å². The van der Waals surface area contributed by atoms with Gasteiger partial charge in [-0.25, -0.2) is 0 Å². The smallest absolute Gasteiger partial charge is 0.160 e. The molecule has 0 saturated heterocycles. The van der Waals surface area contributed by atoms with Gasteiger partial charge in [-0.2, -0.15) is 0 Å². The minimum atomic E-state index is 0. The summed E-state index contributed by atoms with van der Waals surface area (Å²) >= 11 is 0. The van der Waals surface area contributed by atoms with Crippen LogP contribution in [0.3, 0.4) is 0 Å². The van der Waals surface area contributed by atoms with Crippen molar-refractivity contribution in [1.82, 2.24) is 0 Å².